The van der Waals surface area contributed by atoms with Crippen LogP contribution in [0, 0.1) is 14.9 Å². The summed E-state index contributed by atoms with van der Waals surface area (Å²) < 4.78 is 5.77. The van der Waals surface area contributed by atoms with Crippen LogP contribution in [0.2, 0.25) is 0 Å². The summed E-state index contributed by atoms with van der Waals surface area (Å²) in [6.45, 7) is 2.62. The van der Waals surface area contributed by atoms with Crippen LogP contribution in [0.15, 0.2) is 0 Å². The largest absolute Gasteiger partial charge is 0.477 e. The number of carboxylic acid groups (broad SMARTS) is 1. The number of anilines is 1. The smallest absolute Gasteiger partial charge is 0.347 e. The van der Waals surface area contributed by atoms with Crippen molar-refractivity contribution in [2.24, 2.45) is 0 Å². The molecule has 1 saturated heterocycles. The Morgan fingerprint density at radius 1 is 1.53 bits per heavy atom. The lowest BCUT2D eigenvalue weighted by atomic mass is 10.3. The van der Waals surface area contributed by atoms with E-state index in [-0.39, 0.29) is 4.88 Å². The van der Waals surface area contributed by atoms with Crippen molar-refractivity contribution in [3.63, 3.8) is 0 Å². The molecule has 0 unspecified atom stereocenters. The lowest BCUT2D eigenvalue weighted by Gasteiger charge is -2.27. The van der Waals surface area contributed by atoms with Gasteiger partial charge in [0.05, 0.1) is 16.8 Å². The molecule has 5 nitrogen and oxygen atoms in total. The number of nitrogens with zero attached hydrogens (tertiary/aromatic N) is 2. The fraction of sp³-hybridized carbons (Fsp3) is 0.400. The van der Waals surface area contributed by atoms with E-state index in [1.54, 1.807) is 0 Å². The first-order chi connectivity index (χ1) is 8.15. The van der Waals surface area contributed by atoms with E-state index in [9.17, 15) is 4.79 Å². The van der Waals surface area contributed by atoms with Crippen molar-refractivity contribution in [1.82, 2.24) is 0 Å². The Labute approximate surface area is 116 Å². The molecule has 1 N–H and O–H groups in total. The van der Waals surface area contributed by atoms with Crippen molar-refractivity contribution in [2.75, 3.05) is 31.2 Å². The first kappa shape index (κ1) is 12.6. The summed E-state index contributed by atoms with van der Waals surface area (Å²) in [5.41, 5.74) is 0.468. The Kier molecular flexibility index (Phi) is 3.86. The van der Waals surface area contributed by atoms with Gasteiger partial charge in [-0.1, -0.05) is 0 Å². The zero-order valence-corrected chi connectivity index (χ0v) is 11.7. The maximum Gasteiger partial charge on any atom is 0.347 e. The molecule has 0 bridgehead atoms. The van der Waals surface area contributed by atoms with Gasteiger partial charge in [0.1, 0.15) is 21.5 Å². The minimum Gasteiger partial charge on any atom is -0.477 e. The molecule has 1 fully saturated rings. The lowest BCUT2D eigenvalue weighted by Crippen LogP contribution is -2.36. The number of ether oxygens (including phenoxy) is 1. The number of aromatic carboxylic acids is 1. The van der Waals surface area contributed by atoms with Gasteiger partial charge < -0.3 is 14.7 Å². The summed E-state index contributed by atoms with van der Waals surface area (Å²) in [5.74, 6) is -0.976. The van der Waals surface area contributed by atoms with Crippen molar-refractivity contribution in [3.05, 3.63) is 14.0 Å². The Morgan fingerprint density at radius 2 is 2.18 bits per heavy atom. The molecule has 0 aliphatic carbocycles. The van der Waals surface area contributed by atoms with Gasteiger partial charge in [-0.05, 0) is 22.6 Å². The normalized spacial score (nSPS) is 15.6. The van der Waals surface area contributed by atoms with Gasteiger partial charge in [-0.15, -0.1) is 11.3 Å². The predicted molar refractivity (Wildman–Crippen MR) is 71.7 cm³/mol. The Hall–Kier alpha value is -0.850. The predicted octanol–water partition coefficient (Wildman–Crippen LogP) is 1.76. The maximum absolute atomic E-state index is 11.0. The van der Waals surface area contributed by atoms with E-state index in [2.05, 4.69) is 6.07 Å². The number of nitriles is 1. The summed E-state index contributed by atoms with van der Waals surface area (Å²) in [7, 11) is 0. The molecular formula is C10H9IN2O3S. The average Bonchev–Trinajstić information content (AvgIpc) is 2.67. The van der Waals surface area contributed by atoms with Crippen LogP contribution in [0.3, 0.4) is 0 Å². The number of thiophene rings is 1. The maximum atomic E-state index is 11.0. The quantitative estimate of drug-likeness (QED) is 0.810. The molecule has 1 aliphatic heterocycles. The molecule has 7 heteroatoms. The highest BCUT2D eigenvalue weighted by molar-refractivity contribution is 14.1. The van der Waals surface area contributed by atoms with Crippen LogP contribution in [0.5, 0.6) is 0 Å². The van der Waals surface area contributed by atoms with Crippen molar-refractivity contribution in [3.8, 4) is 6.07 Å². The van der Waals surface area contributed by atoms with E-state index in [4.69, 9.17) is 15.1 Å². The number of hydrogen-bond donors (Lipinski definition) is 1. The second kappa shape index (κ2) is 5.20. The molecule has 0 radical (unpaired) electrons. The monoisotopic (exact) mass is 364 g/mol. The SMILES string of the molecule is N#Cc1c(N2CCOCC2)sc(C(=O)O)c1I. The van der Waals surface area contributed by atoms with Crippen LogP contribution in [-0.2, 0) is 4.74 Å². The molecule has 2 heterocycles. The van der Waals surface area contributed by atoms with Crippen molar-refractivity contribution < 1.29 is 14.6 Å². The van der Waals surface area contributed by atoms with Gasteiger partial charge in [-0.3, -0.25) is 0 Å². The molecule has 1 aromatic heterocycles. The van der Waals surface area contributed by atoms with E-state index in [1.807, 2.05) is 27.5 Å². The second-order valence-corrected chi connectivity index (χ2v) is 5.52. The number of rotatable bonds is 2. The van der Waals surface area contributed by atoms with E-state index in [1.165, 1.54) is 11.3 Å². The fourth-order valence-corrected chi connectivity index (χ4v) is 3.78. The highest BCUT2D eigenvalue weighted by atomic mass is 127. The molecule has 0 atom stereocenters. The Balaban J connectivity index is 2.42. The zero-order chi connectivity index (χ0) is 12.4. The van der Waals surface area contributed by atoms with Crippen molar-refractivity contribution in [1.29, 1.82) is 5.26 Å². The third kappa shape index (κ3) is 2.38. The summed E-state index contributed by atoms with van der Waals surface area (Å²) in [6.07, 6.45) is 0. The lowest BCUT2D eigenvalue weighted by molar-refractivity contribution is 0.0701. The molecule has 0 saturated carbocycles. The van der Waals surface area contributed by atoms with Crippen LogP contribution in [0.4, 0.5) is 5.00 Å². The minimum atomic E-state index is -0.976. The van der Waals surface area contributed by atoms with Gasteiger partial charge >= 0.3 is 5.97 Å². The highest BCUT2D eigenvalue weighted by Gasteiger charge is 2.25. The molecule has 0 aromatic carbocycles. The van der Waals surface area contributed by atoms with Crippen LogP contribution in [-0.4, -0.2) is 37.4 Å². The molecule has 90 valence electrons. The molecular weight excluding hydrogens is 355 g/mol. The van der Waals surface area contributed by atoms with Gasteiger partial charge in [-0.2, -0.15) is 5.26 Å². The molecule has 17 heavy (non-hydrogen) atoms. The Bertz CT molecular complexity index is 488. The Morgan fingerprint density at radius 3 is 2.71 bits per heavy atom. The average molecular weight is 364 g/mol. The first-order valence-corrected chi connectivity index (χ1v) is 6.83. The fourth-order valence-electron chi connectivity index (χ4n) is 1.62. The molecule has 1 aromatic rings. The number of carboxylic acids is 1. The number of hydrogen-bond acceptors (Lipinski definition) is 5. The van der Waals surface area contributed by atoms with Gasteiger partial charge in [0.2, 0.25) is 0 Å². The van der Waals surface area contributed by atoms with Crippen LogP contribution < -0.4 is 4.90 Å². The number of halogens is 1. The van der Waals surface area contributed by atoms with Gasteiger partial charge in [-0.25, -0.2) is 4.79 Å². The molecule has 2 rings (SSSR count). The van der Waals surface area contributed by atoms with Crippen LogP contribution in [0.1, 0.15) is 15.2 Å². The molecule has 0 amide bonds. The number of carbonyl (C=O) groups is 1. The third-order valence-corrected chi connectivity index (χ3v) is 5.12. The second-order valence-electron chi connectivity index (χ2n) is 3.44. The summed E-state index contributed by atoms with van der Waals surface area (Å²) in [4.78, 5) is 13.3. The number of morpholine rings is 1. The third-order valence-electron chi connectivity index (χ3n) is 2.44. The van der Waals surface area contributed by atoms with Gasteiger partial charge in [0.15, 0.2) is 0 Å². The van der Waals surface area contributed by atoms with Crippen LogP contribution in [0.25, 0.3) is 0 Å². The summed E-state index contributed by atoms with van der Waals surface area (Å²) in [6, 6.07) is 2.09. The van der Waals surface area contributed by atoms with Crippen molar-refractivity contribution in [2.45, 2.75) is 0 Å². The standard InChI is InChI=1S/C10H9IN2O3S/c11-7-6(5-12)9(17-8(7)10(14)15)13-1-3-16-4-2-13/h1-4H2,(H,14,15). The van der Waals surface area contributed by atoms with Crippen molar-refractivity contribution >= 4 is 44.9 Å². The van der Waals surface area contributed by atoms with Gasteiger partial charge in [0.25, 0.3) is 0 Å². The highest BCUT2D eigenvalue weighted by Crippen LogP contribution is 2.36. The zero-order valence-electron chi connectivity index (χ0n) is 8.77. The van der Waals surface area contributed by atoms with E-state index >= 15 is 0 Å². The van der Waals surface area contributed by atoms with E-state index in [0.717, 1.165) is 5.00 Å². The minimum absolute atomic E-state index is 0.239. The van der Waals surface area contributed by atoms with Gasteiger partial charge in [0, 0.05) is 13.1 Å². The first-order valence-electron chi connectivity index (χ1n) is 4.93. The topological polar surface area (TPSA) is 73.6 Å². The molecule has 1 aliphatic rings. The van der Waals surface area contributed by atoms with Crippen LogP contribution >= 0.6 is 33.9 Å². The van der Waals surface area contributed by atoms with E-state index < -0.39 is 5.97 Å². The summed E-state index contributed by atoms with van der Waals surface area (Å²) >= 11 is 3.09. The summed E-state index contributed by atoms with van der Waals surface area (Å²) in [5, 5.41) is 18.9. The molecule has 0 spiro atoms. The van der Waals surface area contributed by atoms with E-state index in [0.29, 0.717) is 35.4 Å².